The molecule has 0 fully saturated rings. The Labute approximate surface area is 201 Å². The molecule has 0 aliphatic carbocycles. The molecule has 35 heavy (non-hydrogen) atoms. The van der Waals surface area contributed by atoms with Gasteiger partial charge in [0.1, 0.15) is 45.0 Å². The van der Waals surface area contributed by atoms with E-state index in [2.05, 4.69) is 10.3 Å². The Hall–Kier alpha value is -4.38. The maximum absolute atomic E-state index is 14.6. The van der Waals surface area contributed by atoms with Crippen LogP contribution in [-0.4, -0.2) is 33.0 Å². The van der Waals surface area contributed by atoms with Crippen molar-refractivity contribution in [1.82, 2.24) is 20.0 Å². The molecule has 0 radical (unpaired) electrons. The van der Waals surface area contributed by atoms with Gasteiger partial charge in [0, 0.05) is 5.56 Å². The molecule has 0 aliphatic heterocycles. The highest BCUT2D eigenvalue weighted by Crippen LogP contribution is 2.34. The minimum absolute atomic E-state index is 0.138. The molecule has 2 N–H and O–H groups in total. The summed E-state index contributed by atoms with van der Waals surface area (Å²) in [5, 5.41) is 9.68. The van der Waals surface area contributed by atoms with Crippen molar-refractivity contribution in [2.24, 2.45) is 5.73 Å². The van der Waals surface area contributed by atoms with E-state index in [1.54, 1.807) is 11.8 Å². The summed E-state index contributed by atoms with van der Waals surface area (Å²) in [4.78, 5) is 16.1. The fraction of sp³-hybridized carbons (Fsp3) is 0.0833. The second kappa shape index (κ2) is 9.11. The van der Waals surface area contributed by atoms with E-state index in [9.17, 15) is 13.6 Å². The van der Waals surface area contributed by atoms with Gasteiger partial charge in [0.05, 0.1) is 12.6 Å². The monoisotopic (exact) mass is 493 g/mol. The highest BCUT2D eigenvalue weighted by molar-refractivity contribution is 7.14. The van der Waals surface area contributed by atoms with E-state index in [4.69, 9.17) is 20.2 Å². The maximum atomic E-state index is 14.6. The molecule has 0 aliphatic rings. The fourth-order valence-corrected chi connectivity index (χ4v) is 4.49. The quantitative estimate of drug-likeness (QED) is 0.358. The molecule has 0 saturated carbocycles. The highest BCUT2D eigenvalue weighted by atomic mass is 32.1. The van der Waals surface area contributed by atoms with Crippen LogP contribution < -0.4 is 15.2 Å². The first-order valence-corrected chi connectivity index (χ1v) is 11.1. The van der Waals surface area contributed by atoms with Gasteiger partial charge in [-0.3, -0.25) is 4.79 Å². The number of hydrogen-bond acceptors (Lipinski definition) is 7. The molecule has 2 aromatic heterocycles. The van der Waals surface area contributed by atoms with Crippen LogP contribution in [0.25, 0.3) is 27.3 Å². The summed E-state index contributed by atoms with van der Waals surface area (Å²) in [5.74, 6) is -3.06. The van der Waals surface area contributed by atoms with Gasteiger partial charge in [-0.15, -0.1) is 5.10 Å². The standard InChI is InChI=1S/C24H17F2N5O3S/c1-33-14-8-6-13(7-9-14)22-24(31-17-5-3-2-4-16(17)29-30-31)35-19(28-22)12-34-18-11-10-15(25)20(21(18)26)23(27)32/h2-11H,12H2,1H3,(H2,27,32). The molecular weight excluding hydrogens is 476 g/mol. The Morgan fingerprint density at radius 3 is 2.60 bits per heavy atom. The smallest absolute Gasteiger partial charge is 0.254 e. The number of halogens is 2. The lowest BCUT2D eigenvalue weighted by atomic mass is 10.1. The van der Waals surface area contributed by atoms with Crippen molar-refractivity contribution in [1.29, 1.82) is 0 Å². The van der Waals surface area contributed by atoms with Crippen LogP contribution in [0.2, 0.25) is 0 Å². The van der Waals surface area contributed by atoms with Crippen LogP contribution in [0.4, 0.5) is 8.78 Å². The largest absolute Gasteiger partial charge is 0.497 e. The number of primary amides is 1. The normalized spacial score (nSPS) is 11.1. The third kappa shape index (κ3) is 4.17. The number of hydrogen-bond donors (Lipinski definition) is 1. The zero-order valence-corrected chi connectivity index (χ0v) is 19.1. The minimum atomic E-state index is -1.22. The van der Waals surface area contributed by atoms with Gasteiger partial charge >= 0.3 is 0 Å². The minimum Gasteiger partial charge on any atom is -0.497 e. The predicted octanol–water partition coefficient (Wildman–Crippen LogP) is 4.51. The second-order valence-electron chi connectivity index (χ2n) is 7.37. The van der Waals surface area contributed by atoms with Crippen molar-refractivity contribution in [3.63, 3.8) is 0 Å². The van der Waals surface area contributed by atoms with Crippen LogP contribution in [0.1, 0.15) is 15.4 Å². The number of rotatable bonds is 7. The predicted molar refractivity (Wildman–Crippen MR) is 126 cm³/mol. The molecule has 8 nitrogen and oxygen atoms in total. The van der Waals surface area contributed by atoms with Crippen molar-refractivity contribution in [2.75, 3.05) is 7.11 Å². The lowest BCUT2D eigenvalue weighted by Crippen LogP contribution is -2.16. The number of thiazole rings is 1. The van der Waals surface area contributed by atoms with E-state index in [1.807, 2.05) is 48.5 Å². The number of carbonyl (C=O) groups is 1. The van der Waals surface area contributed by atoms with Crippen LogP contribution in [-0.2, 0) is 6.61 Å². The van der Waals surface area contributed by atoms with Crippen molar-refractivity contribution in [3.8, 4) is 27.8 Å². The third-order valence-corrected chi connectivity index (χ3v) is 6.22. The first-order chi connectivity index (χ1) is 17.0. The summed E-state index contributed by atoms with van der Waals surface area (Å²) in [7, 11) is 1.58. The molecule has 0 saturated heterocycles. The number of methoxy groups -OCH3 is 1. The summed E-state index contributed by atoms with van der Waals surface area (Å²) in [5.41, 5.74) is 7.15. The number of amides is 1. The molecule has 0 spiro atoms. The fourth-order valence-electron chi connectivity index (χ4n) is 3.53. The number of nitrogens with zero attached hydrogens (tertiary/aromatic N) is 4. The van der Waals surface area contributed by atoms with E-state index in [0.717, 1.165) is 23.2 Å². The molecule has 5 rings (SSSR count). The summed E-state index contributed by atoms with van der Waals surface area (Å²) >= 11 is 1.28. The maximum Gasteiger partial charge on any atom is 0.254 e. The van der Waals surface area contributed by atoms with Crippen LogP contribution in [0.15, 0.2) is 60.7 Å². The van der Waals surface area contributed by atoms with Crippen molar-refractivity contribution in [2.45, 2.75) is 6.61 Å². The average molecular weight is 493 g/mol. The zero-order valence-electron chi connectivity index (χ0n) is 18.2. The van der Waals surface area contributed by atoms with E-state index in [0.29, 0.717) is 27.0 Å². The Bertz CT molecular complexity index is 1550. The van der Waals surface area contributed by atoms with Gasteiger partial charge in [-0.05, 0) is 48.5 Å². The van der Waals surface area contributed by atoms with Gasteiger partial charge in [0.25, 0.3) is 5.91 Å². The first-order valence-electron chi connectivity index (χ1n) is 10.3. The molecule has 0 atom stereocenters. The SMILES string of the molecule is COc1ccc(-c2nc(COc3ccc(F)c(C(N)=O)c3F)sc2-n2nnc3ccccc32)cc1. The van der Waals surface area contributed by atoms with Gasteiger partial charge in [-0.25, -0.2) is 18.4 Å². The third-order valence-electron chi connectivity index (χ3n) is 5.21. The number of fused-ring (bicyclic) bond motifs is 1. The average Bonchev–Trinajstić information content (AvgIpc) is 3.47. The summed E-state index contributed by atoms with van der Waals surface area (Å²) < 4.78 is 40.9. The molecule has 3 aromatic carbocycles. The zero-order chi connectivity index (χ0) is 24.5. The Kier molecular flexibility index (Phi) is 5.83. The number of para-hydroxylation sites is 1. The molecule has 0 bridgehead atoms. The summed E-state index contributed by atoms with van der Waals surface area (Å²) in [6, 6.07) is 16.9. The molecule has 1 amide bonds. The van der Waals surface area contributed by atoms with Crippen molar-refractivity contribution in [3.05, 3.63) is 82.9 Å². The molecular formula is C24H17F2N5O3S. The number of ether oxygens (including phenoxy) is 2. The van der Waals surface area contributed by atoms with Crippen LogP contribution >= 0.6 is 11.3 Å². The van der Waals surface area contributed by atoms with Crippen LogP contribution in [0.3, 0.4) is 0 Å². The lowest BCUT2D eigenvalue weighted by Gasteiger charge is -2.08. The van der Waals surface area contributed by atoms with Gasteiger partial charge in [0.2, 0.25) is 0 Å². The molecule has 11 heteroatoms. The van der Waals surface area contributed by atoms with E-state index < -0.39 is 23.1 Å². The van der Waals surface area contributed by atoms with Gasteiger partial charge < -0.3 is 15.2 Å². The van der Waals surface area contributed by atoms with Crippen LogP contribution in [0, 0.1) is 11.6 Å². The van der Waals surface area contributed by atoms with Gasteiger partial charge in [0.15, 0.2) is 11.6 Å². The number of aromatic nitrogens is 4. The summed E-state index contributed by atoms with van der Waals surface area (Å²) in [6.07, 6.45) is 0. The Morgan fingerprint density at radius 2 is 1.86 bits per heavy atom. The van der Waals surface area contributed by atoms with Gasteiger partial charge in [-0.1, -0.05) is 28.7 Å². The van der Waals surface area contributed by atoms with Gasteiger partial charge in [-0.2, -0.15) is 0 Å². The molecule has 176 valence electrons. The molecule has 5 aromatic rings. The Morgan fingerprint density at radius 1 is 1.09 bits per heavy atom. The number of benzene rings is 3. The van der Waals surface area contributed by atoms with Crippen molar-refractivity contribution < 1.29 is 23.0 Å². The first kappa shape index (κ1) is 22.4. The number of carbonyl (C=O) groups excluding carboxylic acids is 1. The Balaban J connectivity index is 1.54. The lowest BCUT2D eigenvalue weighted by molar-refractivity contribution is 0.0991. The highest BCUT2D eigenvalue weighted by Gasteiger charge is 2.21. The molecule has 0 unspecified atom stereocenters. The second-order valence-corrected chi connectivity index (χ2v) is 8.43. The number of nitrogens with two attached hydrogens (primary N) is 1. The summed E-state index contributed by atoms with van der Waals surface area (Å²) in [6.45, 7) is -0.138. The molecule has 2 heterocycles. The van der Waals surface area contributed by atoms with Crippen molar-refractivity contribution >= 4 is 28.3 Å². The topological polar surface area (TPSA) is 105 Å². The van der Waals surface area contributed by atoms with E-state index in [-0.39, 0.29) is 12.4 Å². The van der Waals surface area contributed by atoms with Crippen LogP contribution in [0.5, 0.6) is 11.5 Å². The van der Waals surface area contributed by atoms with E-state index in [1.165, 1.54) is 11.3 Å². The van der Waals surface area contributed by atoms with E-state index >= 15 is 0 Å².